The molecule has 2 aromatic carbocycles. The minimum atomic E-state index is 0.179. The summed E-state index contributed by atoms with van der Waals surface area (Å²) in [7, 11) is 0. The predicted octanol–water partition coefficient (Wildman–Crippen LogP) is 3.95. The van der Waals surface area contributed by atoms with Crippen LogP contribution < -0.4 is 4.74 Å². The molecule has 1 N–H and O–H groups in total. The number of amides is 1. The third-order valence-electron chi connectivity index (χ3n) is 4.93. The Kier molecular flexibility index (Phi) is 4.42. The summed E-state index contributed by atoms with van der Waals surface area (Å²) in [5, 5.41) is 1.27. The number of rotatable bonds is 5. The Labute approximate surface area is 147 Å². The van der Waals surface area contributed by atoms with Gasteiger partial charge in [0, 0.05) is 36.1 Å². The highest BCUT2D eigenvalue weighted by Crippen LogP contribution is 2.32. The van der Waals surface area contributed by atoms with Crippen LogP contribution in [0.15, 0.2) is 60.8 Å². The maximum absolute atomic E-state index is 12.5. The monoisotopic (exact) mass is 334 g/mol. The minimum absolute atomic E-state index is 0.179. The van der Waals surface area contributed by atoms with Gasteiger partial charge in [0.25, 0.3) is 0 Å². The topological polar surface area (TPSA) is 45.3 Å². The molecule has 1 aliphatic rings. The van der Waals surface area contributed by atoms with Gasteiger partial charge in [-0.2, -0.15) is 0 Å². The number of fused-ring (bicyclic) bond motifs is 1. The van der Waals surface area contributed by atoms with E-state index in [0.717, 1.165) is 25.3 Å². The summed E-state index contributed by atoms with van der Waals surface area (Å²) in [5.74, 6) is 1.40. The smallest absolute Gasteiger partial charge is 0.226 e. The second-order valence-electron chi connectivity index (χ2n) is 6.53. The van der Waals surface area contributed by atoms with E-state index in [2.05, 4.69) is 29.4 Å². The summed E-state index contributed by atoms with van der Waals surface area (Å²) < 4.78 is 5.64. The lowest BCUT2D eigenvalue weighted by molar-refractivity contribution is -0.130. The quantitative estimate of drug-likeness (QED) is 0.768. The average Bonchev–Trinajstić information content (AvgIpc) is 3.29. The van der Waals surface area contributed by atoms with E-state index in [1.54, 1.807) is 0 Å². The van der Waals surface area contributed by atoms with E-state index in [4.69, 9.17) is 4.74 Å². The molecule has 128 valence electrons. The summed E-state index contributed by atoms with van der Waals surface area (Å²) >= 11 is 0. The van der Waals surface area contributed by atoms with Gasteiger partial charge in [0.05, 0.1) is 13.0 Å². The van der Waals surface area contributed by atoms with Gasteiger partial charge in [0.1, 0.15) is 5.75 Å². The zero-order valence-corrected chi connectivity index (χ0v) is 14.2. The number of nitrogens with one attached hydrogen (secondary N) is 1. The van der Waals surface area contributed by atoms with Crippen molar-refractivity contribution in [1.82, 2.24) is 9.88 Å². The number of aromatic nitrogens is 1. The molecule has 0 aliphatic carbocycles. The molecule has 25 heavy (non-hydrogen) atoms. The van der Waals surface area contributed by atoms with Gasteiger partial charge in [-0.25, -0.2) is 0 Å². The van der Waals surface area contributed by atoms with Crippen molar-refractivity contribution in [2.24, 2.45) is 0 Å². The molecule has 1 amide bonds. The summed E-state index contributed by atoms with van der Waals surface area (Å²) in [4.78, 5) is 17.8. The number of carbonyl (C=O) groups excluding carboxylic acids is 1. The number of nitrogens with zero attached hydrogens (tertiary/aromatic N) is 1. The van der Waals surface area contributed by atoms with Gasteiger partial charge in [-0.1, -0.05) is 36.4 Å². The van der Waals surface area contributed by atoms with Gasteiger partial charge in [0.15, 0.2) is 0 Å². The Morgan fingerprint density at radius 3 is 2.80 bits per heavy atom. The van der Waals surface area contributed by atoms with Crippen molar-refractivity contribution >= 4 is 16.8 Å². The molecule has 0 radical (unpaired) electrons. The van der Waals surface area contributed by atoms with Crippen molar-refractivity contribution in [2.45, 2.75) is 18.8 Å². The number of hydrogen-bond donors (Lipinski definition) is 1. The summed E-state index contributed by atoms with van der Waals surface area (Å²) in [6, 6.07) is 18.0. The maximum Gasteiger partial charge on any atom is 0.226 e. The van der Waals surface area contributed by atoms with Crippen molar-refractivity contribution in [3.05, 3.63) is 66.4 Å². The lowest BCUT2D eigenvalue weighted by atomic mass is 9.98. The number of hydrogen-bond acceptors (Lipinski definition) is 2. The van der Waals surface area contributed by atoms with Gasteiger partial charge in [-0.15, -0.1) is 0 Å². The molecule has 4 nitrogen and oxygen atoms in total. The molecule has 0 spiro atoms. The van der Waals surface area contributed by atoms with E-state index < -0.39 is 0 Å². The van der Waals surface area contributed by atoms with Crippen molar-refractivity contribution in [1.29, 1.82) is 0 Å². The number of H-pyrrole nitrogens is 1. The van der Waals surface area contributed by atoms with Crippen molar-refractivity contribution < 1.29 is 9.53 Å². The summed E-state index contributed by atoms with van der Waals surface area (Å²) in [6.45, 7) is 2.05. The van der Waals surface area contributed by atoms with Crippen molar-refractivity contribution in [3.63, 3.8) is 0 Å². The number of likely N-dealkylation sites (tertiary alicyclic amines) is 1. The largest absolute Gasteiger partial charge is 0.493 e. The van der Waals surface area contributed by atoms with Crippen LogP contribution in [0.5, 0.6) is 5.75 Å². The Morgan fingerprint density at radius 2 is 1.92 bits per heavy atom. The van der Waals surface area contributed by atoms with E-state index in [0.29, 0.717) is 18.9 Å². The summed E-state index contributed by atoms with van der Waals surface area (Å²) in [5.41, 5.74) is 2.49. The first-order valence-electron chi connectivity index (χ1n) is 8.83. The molecule has 1 aromatic heterocycles. The third kappa shape index (κ3) is 3.38. The van der Waals surface area contributed by atoms with E-state index in [9.17, 15) is 4.79 Å². The molecular formula is C21H22N2O2. The van der Waals surface area contributed by atoms with E-state index >= 15 is 0 Å². The van der Waals surface area contributed by atoms with E-state index in [1.807, 2.05) is 41.3 Å². The molecule has 0 bridgehead atoms. The first kappa shape index (κ1) is 15.8. The van der Waals surface area contributed by atoms with Gasteiger partial charge in [-0.05, 0) is 30.2 Å². The highest BCUT2D eigenvalue weighted by Gasteiger charge is 2.28. The minimum Gasteiger partial charge on any atom is -0.493 e. The molecule has 1 aliphatic heterocycles. The van der Waals surface area contributed by atoms with Crippen LogP contribution >= 0.6 is 0 Å². The van der Waals surface area contributed by atoms with Crippen LogP contribution in [0.3, 0.4) is 0 Å². The molecule has 0 saturated carbocycles. The number of para-hydroxylation sites is 2. The lowest BCUT2D eigenvalue weighted by Gasteiger charge is -2.16. The fourth-order valence-corrected chi connectivity index (χ4v) is 3.60. The van der Waals surface area contributed by atoms with Gasteiger partial charge in [0.2, 0.25) is 5.91 Å². The highest BCUT2D eigenvalue weighted by atomic mass is 16.5. The molecule has 1 unspecified atom stereocenters. The zero-order valence-electron chi connectivity index (χ0n) is 14.2. The number of ether oxygens (including phenoxy) is 1. The molecule has 4 heteroatoms. The first-order valence-corrected chi connectivity index (χ1v) is 8.83. The first-order chi connectivity index (χ1) is 12.3. The Morgan fingerprint density at radius 1 is 1.12 bits per heavy atom. The molecule has 3 aromatic rings. The zero-order chi connectivity index (χ0) is 17.1. The van der Waals surface area contributed by atoms with Crippen LogP contribution in [-0.4, -0.2) is 35.5 Å². The molecule has 2 heterocycles. The Hall–Kier alpha value is -2.75. The highest BCUT2D eigenvalue weighted by molar-refractivity contribution is 5.84. The van der Waals surface area contributed by atoms with Crippen LogP contribution in [-0.2, 0) is 4.79 Å². The Bertz CT molecular complexity index is 856. The fourth-order valence-electron chi connectivity index (χ4n) is 3.60. The molecule has 1 atom stereocenters. The van der Waals surface area contributed by atoms with E-state index in [1.165, 1.54) is 16.5 Å². The maximum atomic E-state index is 12.5. The average molecular weight is 334 g/mol. The van der Waals surface area contributed by atoms with Crippen LogP contribution in [0.4, 0.5) is 0 Å². The molecular weight excluding hydrogens is 312 g/mol. The van der Waals surface area contributed by atoms with Crippen LogP contribution in [0.25, 0.3) is 10.9 Å². The third-order valence-corrected chi connectivity index (χ3v) is 4.93. The van der Waals surface area contributed by atoms with Gasteiger partial charge in [-0.3, -0.25) is 4.79 Å². The van der Waals surface area contributed by atoms with Crippen LogP contribution in [0.1, 0.15) is 24.3 Å². The second-order valence-corrected chi connectivity index (χ2v) is 6.53. The van der Waals surface area contributed by atoms with Crippen molar-refractivity contribution in [3.8, 4) is 5.75 Å². The molecule has 1 fully saturated rings. The summed E-state index contributed by atoms with van der Waals surface area (Å²) in [6.07, 6.45) is 3.55. The van der Waals surface area contributed by atoms with Gasteiger partial charge < -0.3 is 14.6 Å². The number of aromatic amines is 1. The predicted molar refractivity (Wildman–Crippen MR) is 98.8 cm³/mol. The van der Waals surface area contributed by atoms with Crippen LogP contribution in [0.2, 0.25) is 0 Å². The SMILES string of the molecule is O=C(CCOc1ccccc1)N1CCC(c2c[nH]c3ccccc23)C1. The molecule has 1 saturated heterocycles. The van der Waals surface area contributed by atoms with E-state index in [-0.39, 0.29) is 5.91 Å². The molecule has 4 rings (SSSR count). The number of carbonyl (C=O) groups is 1. The lowest BCUT2D eigenvalue weighted by Crippen LogP contribution is -2.29. The second kappa shape index (κ2) is 7.01. The fraction of sp³-hybridized carbons (Fsp3) is 0.286. The normalized spacial score (nSPS) is 17.1. The van der Waals surface area contributed by atoms with Gasteiger partial charge >= 0.3 is 0 Å². The number of benzene rings is 2. The van der Waals surface area contributed by atoms with Crippen molar-refractivity contribution in [2.75, 3.05) is 19.7 Å². The van der Waals surface area contributed by atoms with Crippen LogP contribution in [0, 0.1) is 0 Å². The standard InChI is InChI=1S/C21H22N2O2/c24-21(11-13-25-17-6-2-1-3-7-17)23-12-10-16(15-23)19-14-22-20-9-5-4-8-18(19)20/h1-9,14,16,22H,10-13,15H2. The Balaban J connectivity index is 1.33.